The summed E-state index contributed by atoms with van der Waals surface area (Å²) in [5.41, 5.74) is 7.73. The Kier molecular flexibility index (Phi) is 6.18. The first-order chi connectivity index (χ1) is 4.86. The second-order valence-corrected chi connectivity index (χ2v) is 3.60. The van der Waals surface area contributed by atoms with Gasteiger partial charge >= 0.3 is 0 Å². The summed E-state index contributed by atoms with van der Waals surface area (Å²) in [4.78, 5) is 2.51. The average Bonchev–Trinajstić information content (AvgIpc) is 1.99. The van der Waals surface area contributed by atoms with Crippen molar-refractivity contribution in [2.75, 3.05) is 19.6 Å². The SMILES string of the molecule is [CH3-].[NH-]C1CCN2CCCC1C2.[Y]. The molecular formula is C9H18N2Y-2. The molecule has 2 heterocycles. The van der Waals surface area contributed by atoms with Crippen LogP contribution in [0, 0.1) is 13.3 Å². The van der Waals surface area contributed by atoms with E-state index in [9.17, 15) is 0 Å². The molecule has 2 bridgehead atoms. The molecule has 2 rings (SSSR count). The summed E-state index contributed by atoms with van der Waals surface area (Å²) in [6.07, 6.45) is 3.76. The Morgan fingerprint density at radius 3 is 2.58 bits per heavy atom. The second-order valence-electron chi connectivity index (χ2n) is 3.60. The smallest absolute Gasteiger partial charge is 0 e. The Bertz CT molecular complexity index is 128. The first-order valence-electron chi connectivity index (χ1n) is 4.30. The van der Waals surface area contributed by atoms with Crippen LogP contribution in [0.15, 0.2) is 0 Å². The molecule has 2 aliphatic heterocycles. The fourth-order valence-electron chi connectivity index (χ4n) is 2.18. The monoisotopic (exact) mass is 243 g/mol. The summed E-state index contributed by atoms with van der Waals surface area (Å²) in [7, 11) is 0. The van der Waals surface area contributed by atoms with Crippen LogP contribution in [0.25, 0.3) is 5.73 Å². The topological polar surface area (TPSA) is 27.0 Å². The normalized spacial score (nSPS) is 39.2. The molecule has 2 aliphatic rings. The van der Waals surface area contributed by atoms with Gasteiger partial charge in [-0.3, -0.25) is 0 Å². The van der Waals surface area contributed by atoms with Crippen LogP contribution < -0.4 is 0 Å². The molecule has 2 saturated heterocycles. The van der Waals surface area contributed by atoms with E-state index in [1.165, 1.54) is 32.5 Å². The van der Waals surface area contributed by atoms with Crippen LogP contribution in [-0.4, -0.2) is 30.6 Å². The molecule has 3 atom stereocenters. The van der Waals surface area contributed by atoms with E-state index < -0.39 is 0 Å². The van der Waals surface area contributed by atoms with Crippen molar-refractivity contribution in [3.8, 4) is 0 Å². The van der Waals surface area contributed by atoms with Crippen molar-refractivity contribution in [2.45, 2.75) is 25.3 Å². The zero-order valence-electron chi connectivity index (χ0n) is 7.92. The maximum atomic E-state index is 7.73. The van der Waals surface area contributed by atoms with Gasteiger partial charge in [0.25, 0.3) is 0 Å². The van der Waals surface area contributed by atoms with Gasteiger partial charge in [-0.2, -0.15) is 0 Å². The minimum absolute atomic E-state index is 0. The second kappa shape index (κ2) is 5.69. The summed E-state index contributed by atoms with van der Waals surface area (Å²) < 4.78 is 0. The van der Waals surface area contributed by atoms with Crippen molar-refractivity contribution < 1.29 is 32.7 Å². The fraction of sp³-hybridized carbons (Fsp3) is 0.889. The Morgan fingerprint density at radius 1 is 1.17 bits per heavy atom. The maximum Gasteiger partial charge on any atom is 0 e. The number of hydrogen-bond acceptors (Lipinski definition) is 1. The minimum Gasteiger partial charge on any atom is -0.674 e. The van der Waals surface area contributed by atoms with E-state index in [4.69, 9.17) is 5.73 Å². The van der Waals surface area contributed by atoms with Gasteiger partial charge in [0.05, 0.1) is 0 Å². The number of hydrogen-bond donors (Lipinski definition) is 0. The predicted molar refractivity (Wildman–Crippen MR) is 48.3 cm³/mol. The zero-order chi connectivity index (χ0) is 6.97. The van der Waals surface area contributed by atoms with Crippen LogP contribution in [0.3, 0.4) is 0 Å². The molecule has 0 aromatic heterocycles. The van der Waals surface area contributed by atoms with E-state index in [2.05, 4.69) is 4.90 Å². The van der Waals surface area contributed by atoms with E-state index in [-0.39, 0.29) is 46.2 Å². The zero-order valence-corrected chi connectivity index (χ0v) is 10.8. The van der Waals surface area contributed by atoms with Crippen molar-refractivity contribution in [3.63, 3.8) is 0 Å². The van der Waals surface area contributed by atoms with Crippen LogP contribution in [-0.2, 0) is 32.7 Å². The molecule has 69 valence electrons. The van der Waals surface area contributed by atoms with Crippen LogP contribution in [0.1, 0.15) is 19.3 Å². The van der Waals surface area contributed by atoms with Gasteiger partial charge < -0.3 is 18.1 Å². The van der Waals surface area contributed by atoms with Gasteiger partial charge in [0, 0.05) is 32.7 Å². The number of fused-ring (bicyclic) bond motifs is 2. The summed E-state index contributed by atoms with van der Waals surface area (Å²) in [5.74, 6) is 0.711. The summed E-state index contributed by atoms with van der Waals surface area (Å²) in [5, 5.41) is 0. The van der Waals surface area contributed by atoms with Gasteiger partial charge in [-0.15, -0.1) is 6.04 Å². The molecule has 1 N–H and O–H groups in total. The molecule has 0 spiro atoms. The van der Waals surface area contributed by atoms with Crippen molar-refractivity contribution in [2.24, 2.45) is 5.92 Å². The van der Waals surface area contributed by atoms with E-state index in [0.717, 1.165) is 6.42 Å². The molecule has 0 saturated carbocycles. The first-order valence-corrected chi connectivity index (χ1v) is 4.30. The van der Waals surface area contributed by atoms with Crippen molar-refractivity contribution >= 4 is 0 Å². The molecule has 1 radical (unpaired) electrons. The standard InChI is InChI=1S/C8H15N2.CH3.Y/c9-8-3-5-10-4-1-2-7(8)6-10;;/h7-9H,1-6H2;1H3;/q2*-1;. The van der Waals surface area contributed by atoms with Crippen molar-refractivity contribution in [1.82, 2.24) is 4.90 Å². The summed E-state index contributed by atoms with van der Waals surface area (Å²) >= 11 is 0. The van der Waals surface area contributed by atoms with Crippen molar-refractivity contribution in [3.05, 3.63) is 13.2 Å². The van der Waals surface area contributed by atoms with Crippen LogP contribution >= 0.6 is 0 Å². The molecule has 0 amide bonds. The summed E-state index contributed by atoms with van der Waals surface area (Å²) in [6.45, 7) is 3.70. The van der Waals surface area contributed by atoms with E-state index in [0.29, 0.717) is 5.92 Å². The van der Waals surface area contributed by atoms with Gasteiger partial charge in [-0.1, -0.05) is 6.42 Å². The third kappa shape index (κ3) is 2.76. The Balaban J connectivity index is 0.000000605. The first kappa shape index (κ1) is 13.0. The summed E-state index contributed by atoms with van der Waals surface area (Å²) in [6, 6.07) is 0.261. The van der Waals surface area contributed by atoms with Gasteiger partial charge in [0.2, 0.25) is 0 Å². The average molecular weight is 243 g/mol. The number of nitrogens with zero attached hydrogens (tertiary/aromatic N) is 1. The molecule has 0 aromatic rings. The molecule has 3 heteroatoms. The molecule has 3 unspecified atom stereocenters. The van der Waals surface area contributed by atoms with Crippen LogP contribution in [0.5, 0.6) is 0 Å². The van der Waals surface area contributed by atoms with E-state index >= 15 is 0 Å². The van der Waals surface area contributed by atoms with E-state index in [1.54, 1.807) is 0 Å². The number of piperidine rings is 2. The maximum absolute atomic E-state index is 7.73. The van der Waals surface area contributed by atoms with Gasteiger partial charge in [0.1, 0.15) is 0 Å². The fourth-order valence-corrected chi connectivity index (χ4v) is 2.18. The molecule has 0 aliphatic carbocycles. The number of nitrogens with one attached hydrogen (secondary N) is 1. The quantitative estimate of drug-likeness (QED) is 0.597. The van der Waals surface area contributed by atoms with Gasteiger partial charge in [-0.05, 0) is 38.4 Å². The molecule has 2 nitrogen and oxygen atoms in total. The molecular weight excluding hydrogens is 225 g/mol. The van der Waals surface area contributed by atoms with Gasteiger partial charge in [-0.25, -0.2) is 0 Å². The minimum atomic E-state index is 0. The Labute approximate surface area is 101 Å². The molecule has 12 heavy (non-hydrogen) atoms. The predicted octanol–water partition coefficient (Wildman–Crippen LogP) is 1.97. The Morgan fingerprint density at radius 2 is 1.92 bits per heavy atom. The molecule has 0 aromatic carbocycles. The van der Waals surface area contributed by atoms with Crippen molar-refractivity contribution in [1.29, 1.82) is 0 Å². The molecule has 2 fully saturated rings. The number of rotatable bonds is 0. The van der Waals surface area contributed by atoms with E-state index in [1.807, 2.05) is 0 Å². The third-order valence-corrected chi connectivity index (χ3v) is 2.87. The largest absolute Gasteiger partial charge is 0.674 e. The van der Waals surface area contributed by atoms with Crippen LogP contribution in [0.4, 0.5) is 0 Å². The van der Waals surface area contributed by atoms with Crippen LogP contribution in [0.2, 0.25) is 0 Å². The third-order valence-electron chi connectivity index (χ3n) is 2.87. The van der Waals surface area contributed by atoms with Gasteiger partial charge in [0.15, 0.2) is 0 Å². The Hall–Kier alpha value is 1.02.